The molecule has 0 fully saturated rings. The summed E-state index contributed by atoms with van der Waals surface area (Å²) in [7, 11) is 1.63. The molecule has 160 valence electrons. The Kier molecular flexibility index (Phi) is 5.11. The predicted octanol–water partition coefficient (Wildman–Crippen LogP) is 5.76. The summed E-state index contributed by atoms with van der Waals surface area (Å²) in [6.45, 7) is 0.418. The van der Waals surface area contributed by atoms with E-state index >= 15 is 0 Å². The first-order valence-corrected chi connectivity index (χ1v) is 10.4. The van der Waals surface area contributed by atoms with Crippen molar-refractivity contribution in [3.05, 3.63) is 114 Å². The number of rotatable bonds is 3. The smallest absolute Gasteiger partial charge is 0.322 e. The SMILES string of the molecule is COc1ccc([C@H]2c3cccn3-c3ccccc3CN2C(=O)Nc2ccc(F)cc2)cc1. The minimum atomic E-state index is -0.347. The molecular formula is C26H22FN3O2. The Hall–Kier alpha value is -4.06. The number of benzene rings is 3. The van der Waals surface area contributed by atoms with Crippen molar-refractivity contribution in [1.82, 2.24) is 9.47 Å². The number of methoxy groups -OCH3 is 1. The van der Waals surface area contributed by atoms with Gasteiger partial charge in [0.05, 0.1) is 25.4 Å². The van der Waals surface area contributed by atoms with Crippen molar-refractivity contribution in [1.29, 1.82) is 0 Å². The lowest BCUT2D eigenvalue weighted by Gasteiger charge is -2.31. The normalized spacial score (nSPS) is 14.8. The Bertz CT molecular complexity index is 1250. The third-order valence-electron chi connectivity index (χ3n) is 5.75. The molecule has 0 bridgehead atoms. The highest BCUT2D eigenvalue weighted by atomic mass is 19.1. The van der Waals surface area contributed by atoms with Gasteiger partial charge in [-0.3, -0.25) is 0 Å². The van der Waals surface area contributed by atoms with Crippen LogP contribution in [0.2, 0.25) is 0 Å². The van der Waals surface area contributed by atoms with E-state index in [-0.39, 0.29) is 17.9 Å². The third-order valence-corrected chi connectivity index (χ3v) is 5.75. The van der Waals surface area contributed by atoms with Crippen LogP contribution in [-0.4, -0.2) is 22.6 Å². The van der Waals surface area contributed by atoms with Gasteiger partial charge < -0.3 is 19.5 Å². The maximum atomic E-state index is 13.5. The van der Waals surface area contributed by atoms with E-state index in [0.717, 1.165) is 28.3 Å². The van der Waals surface area contributed by atoms with Crippen molar-refractivity contribution in [3.63, 3.8) is 0 Å². The molecule has 0 spiro atoms. The van der Waals surface area contributed by atoms with Crippen LogP contribution in [0.15, 0.2) is 91.1 Å². The zero-order chi connectivity index (χ0) is 22.1. The molecule has 4 aromatic rings. The topological polar surface area (TPSA) is 46.5 Å². The summed E-state index contributed by atoms with van der Waals surface area (Å²) in [6, 6.07) is 25.1. The first-order valence-electron chi connectivity index (χ1n) is 10.4. The first kappa shape index (κ1) is 19.9. The second-order valence-corrected chi connectivity index (χ2v) is 7.67. The number of hydrogen-bond donors (Lipinski definition) is 1. The third kappa shape index (κ3) is 3.60. The van der Waals surface area contributed by atoms with Gasteiger partial charge in [0.25, 0.3) is 0 Å². The van der Waals surface area contributed by atoms with Gasteiger partial charge in [0.15, 0.2) is 0 Å². The van der Waals surface area contributed by atoms with Gasteiger partial charge >= 0.3 is 6.03 Å². The summed E-state index contributed by atoms with van der Waals surface area (Å²) >= 11 is 0. The van der Waals surface area contributed by atoms with Gasteiger partial charge in [0.1, 0.15) is 11.6 Å². The quantitative estimate of drug-likeness (QED) is 0.452. The molecule has 0 saturated heterocycles. The lowest BCUT2D eigenvalue weighted by atomic mass is 10.0. The predicted molar refractivity (Wildman–Crippen MR) is 122 cm³/mol. The Morgan fingerprint density at radius 2 is 1.72 bits per heavy atom. The molecule has 6 heteroatoms. The van der Waals surface area contributed by atoms with E-state index in [1.165, 1.54) is 12.1 Å². The molecule has 1 aliphatic heterocycles. The number of ether oxygens (including phenoxy) is 1. The Morgan fingerprint density at radius 3 is 2.47 bits per heavy atom. The van der Waals surface area contributed by atoms with E-state index in [0.29, 0.717) is 12.2 Å². The number of nitrogens with one attached hydrogen (secondary N) is 1. The van der Waals surface area contributed by atoms with Gasteiger partial charge in [-0.15, -0.1) is 0 Å². The lowest BCUT2D eigenvalue weighted by molar-refractivity contribution is 0.194. The Morgan fingerprint density at radius 1 is 0.969 bits per heavy atom. The van der Waals surface area contributed by atoms with Gasteiger partial charge in [0.2, 0.25) is 0 Å². The van der Waals surface area contributed by atoms with Crippen molar-refractivity contribution < 1.29 is 13.9 Å². The summed E-state index contributed by atoms with van der Waals surface area (Å²) in [5.41, 5.74) is 4.57. The first-order chi connectivity index (χ1) is 15.6. The number of aromatic nitrogens is 1. The molecule has 0 radical (unpaired) electrons. The van der Waals surface area contributed by atoms with Crippen LogP contribution in [0.25, 0.3) is 5.69 Å². The largest absolute Gasteiger partial charge is 0.497 e. The average Bonchev–Trinajstić information content (AvgIpc) is 3.25. The van der Waals surface area contributed by atoms with Crippen LogP contribution in [0.5, 0.6) is 5.75 Å². The van der Waals surface area contributed by atoms with Gasteiger partial charge in [-0.2, -0.15) is 0 Å². The molecule has 2 amide bonds. The van der Waals surface area contributed by atoms with Crippen LogP contribution in [-0.2, 0) is 6.54 Å². The summed E-state index contributed by atoms with van der Waals surface area (Å²) in [5.74, 6) is 0.406. The van der Waals surface area contributed by atoms with Crippen molar-refractivity contribution in [2.45, 2.75) is 12.6 Å². The molecule has 5 nitrogen and oxygen atoms in total. The number of carbonyl (C=O) groups is 1. The van der Waals surface area contributed by atoms with Crippen LogP contribution < -0.4 is 10.1 Å². The molecule has 1 aromatic heterocycles. The number of carbonyl (C=O) groups excluding carboxylic acids is 1. The van der Waals surface area contributed by atoms with Gasteiger partial charge in [-0.25, -0.2) is 9.18 Å². The fourth-order valence-electron chi connectivity index (χ4n) is 4.20. The van der Waals surface area contributed by atoms with Crippen molar-refractivity contribution in [2.24, 2.45) is 0 Å². The molecule has 1 aliphatic rings. The monoisotopic (exact) mass is 427 g/mol. The Balaban J connectivity index is 1.61. The van der Waals surface area contributed by atoms with E-state index in [1.807, 2.05) is 65.7 Å². The number of nitrogens with zero attached hydrogens (tertiary/aromatic N) is 2. The second-order valence-electron chi connectivity index (χ2n) is 7.67. The molecular weight excluding hydrogens is 405 g/mol. The number of para-hydroxylation sites is 1. The van der Waals surface area contributed by atoms with E-state index in [4.69, 9.17) is 4.74 Å². The average molecular weight is 427 g/mol. The number of fused-ring (bicyclic) bond motifs is 3. The highest BCUT2D eigenvalue weighted by molar-refractivity contribution is 5.90. The number of urea groups is 1. The highest BCUT2D eigenvalue weighted by Crippen LogP contribution is 2.37. The molecule has 3 aromatic carbocycles. The number of hydrogen-bond acceptors (Lipinski definition) is 2. The van der Waals surface area contributed by atoms with E-state index in [1.54, 1.807) is 19.2 Å². The van der Waals surface area contributed by atoms with E-state index in [9.17, 15) is 9.18 Å². The summed E-state index contributed by atoms with van der Waals surface area (Å²) in [6.07, 6.45) is 2.02. The van der Waals surface area contributed by atoms with Crippen molar-refractivity contribution >= 4 is 11.7 Å². The van der Waals surface area contributed by atoms with Crippen LogP contribution in [0.3, 0.4) is 0 Å². The molecule has 0 saturated carbocycles. The molecule has 32 heavy (non-hydrogen) atoms. The molecule has 2 heterocycles. The minimum absolute atomic E-state index is 0.262. The second kappa shape index (κ2) is 8.23. The van der Waals surface area contributed by atoms with Gasteiger partial charge in [-0.05, 0) is 65.7 Å². The standard InChI is InChI=1S/C26H22FN3O2/c1-32-22-14-8-18(9-15-22)25-24-7-4-16-29(24)23-6-3-2-5-19(23)17-30(25)26(31)28-21-12-10-20(27)11-13-21/h2-16,25H,17H2,1H3,(H,28,31)/t25-/m0/s1. The molecule has 5 rings (SSSR count). The minimum Gasteiger partial charge on any atom is -0.497 e. The van der Waals surface area contributed by atoms with E-state index in [2.05, 4.69) is 16.0 Å². The van der Waals surface area contributed by atoms with Gasteiger partial charge in [0, 0.05) is 17.6 Å². The fourth-order valence-corrected chi connectivity index (χ4v) is 4.20. The summed E-state index contributed by atoms with van der Waals surface area (Å²) in [4.78, 5) is 15.3. The fraction of sp³-hybridized carbons (Fsp3) is 0.115. The number of anilines is 1. The number of amides is 2. The Labute approximate surface area is 185 Å². The molecule has 0 aliphatic carbocycles. The molecule has 1 atom stereocenters. The van der Waals surface area contributed by atoms with Crippen LogP contribution in [0, 0.1) is 5.82 Å². The van der Waals surface area contributed by atoms with Crippen LogP contribution in [0.1, 0.15) is 22.9 Å². The zero-order valence-electron chi connectivity index (χ0n) is 17.5. The maximum absolute atomic E-state index is 13.5. The molecule has 1 N–H and O–H groups in total. The number of halogens is 1. The zero-order valence-corrected chi connectivity index (χ0v) is 17.5. The van der Waals surface area contributed by atoms with Crippen molar-refractivity contribution in [2.75, 3.05) is 12.4 Å². The van der Waals surface area contributed by atoms with Crippen LogP contribution >= 0.6 is 0 Å². The van der Waals surface area contributed by atoms with E-state index < -0.39 is 0 Å². The lowest BCUT2D eigenvalue weighted by Crippen LogP contribution is -2.37. The molecule has 0 unspecified atom stereocenters. The van der Waals surface area contributed by atoms with Gasteiger partial charge in [-0.1, -0.05) is 30.3 Å². The maximum Gasteiger partial charge on any atom is 0.322 e. The van der Waals surface area contributed by atoms with Crippen LogP contribution in [0.4, 0.5) is 14.9 Å². The highest BCUT2D eigenvalue weighted by Gasteiger charge is 2.33. The van der Waals surface area contributed by atoms with Crippen molar-refractivity contribution in [3.8, 4) is 11.4 Å². The summed E-state index contributed by atoms with van der Waals surface area (Å²) < 4.78 is 20.8. The summed E-state index contributed by atoms with van der Waals surface area (Å²) in [5, 5.41) is 2.93.